The first-order valence-electron chi connectivity index (χ1n) is 6.85. The number of hydrogen-bond donors (Lipinski definition) is 0. The van der Waals surface area contributed by atoms with E-state index in [2.05, 4.69) is 20.8 Å². The Morgan fingerprint density at radius 3 is 2.39 bits per heavy atom. The van der Waals surface area contributed by atoms with Crippen LogP contribution in [0.2, 0.25) is 0 Å². The van der Waals surface area contributed by atoms with Crippen LogP contribution >= 0.6 is 0 Å². The van der Waals surface area contributed by atoms with Gasteiger partial charge in [-0.1, -0.05) is 51.8 Å². The van der Waals surface area contributed by atoms with Crippen molar-refractivity contribution < 1.29 is 9.53 Å². The Bertz CT molecular complexity index is 343. The molecule has 2 nitrogen and oxygen atoms in total. The van der Waals surface area contributed by atoms with Crippen LogP contribution in [0.25, 0.3) is 0 Å². The fourth-order valence-electron chi connectivity index (χ4n) is 1.83. The summed E-state index contributed by atoms with van der Waals surface area (Å²) in [5.74, 6) is 0.988. The topological polar surface area (TPSA) is 26.3 Å². The van der Waals surface area contributed by atoms with E-state index in [0.717, 1.165) is 12.8 Å². The summed E-state index contributed by atoms with van der Waals surface area (Å²) in [6, 6.07) is 9.18. The molecule has 1 atom stereocenters. The summed E-state index contributed by atoms with van der Waals surface area (Å²) in [5.41, 5.74) is 0.635. The molecule has 0 unspecified atom stereocenters. The third-order valence-corrected chi connectivity index (χ3v) is 3.19. The van der Waals surface area contributed by atoms with E-state index in [4.69, 9.17) is 4.74 Å². The lowest BCUT2D eigenvalue weighted by Crippen LogP contribution is -2.14. The maximum Gasteiger partial charge on any atom is 0.338 e. The normalized spacial score (nSPS) is 12.4. The highest BCUT2D eigenvalue weighted by Gasteiger charge is 2.12. The fraction of sp³-hybridized carbons (Fsp3) is 0.562. The van der Waals surface area contributed by atoms with E-state index in [1.807, 2.05) is 18.2 Å². The zero-order chi connectivity index (χ0) is 13.4. The highest BCUT2D eigenvalue weighted by Crippen LogP contribution is 2.16. The predicted octanol–water partition coefficient (Wildman–Crippen LogP) is 4.31. The molecule has 1 aromatic carbocycles. The minimum absolute atomic E-state index is 0.210. The van der Waals surface area contributed by atoms with Crippen LogP contribution in [-0.2, 0) is 4.74 Å². The monoisotopic (exact) mass is 248 g/mol. The van der Waals surface area contributed by atoms with Gasteiger partial charge >= 0.3 is 5.97 Å². The molecule has 0 saturated heterocycles. The van der Waals surface area contributed by atoms with Crippen LogP contribution in [0, 0.1) is 11.8 Å². The largest absolute Gasteiger partial charge is 0.462 e. The molecule has 0 aliphatic heterocycles. The molecular formula is C16H24O2. The van der Waals surface area contributed by atoms with Crippen molar-refractivity contribution in [3.8, 4) is 0 Å². The second-order valence-electron chi connectivity index (χ2n) is 5.21. The molecule has 2 heteroatoms. The molecule has 0 N–H and O–H groups in total. The molecule has 0 aliphatic carbocycles. The van der Waals surface area contributed by atoms with Crippen molar-refractivity contribution in [2.75, 3.05) is 6.61 Å². The number of carbonyl (C=O) groups excluding carboxylic acids is 1. The summed E-state index contributed by atoms with van der Waals surface area (Å²) in [4.78, 5) is 11.8. The predicted molar refractivity (Wildman–Crippen MR) is 74.6 cm³/mol. The average Bonchev–Trinajstić information content (AvgIpc) is 2.39. The molecule has 0 radical (unpaired) electrons. The van der Waals surface area contributed by atoms with Crippen molar-refractivity contribution in [1.82, 2.24) is 0 Å². The maximum atomic E-state index is 11.8. The molecule has 0 saturated carbocycles. The SMILES string of the molecule is CC[C@H](CCC(C)C)COC(=O)c1ccccc1. The molecule has 18 heavy (non-hydrogen) atoms. The number of esters is 1. The minimum atomic E-state index is -0.210. The zero-order valence-electron chi connectivity index (χ0n) is 11.7. The van der Waals surface area contributed by atoms with Gasteiger partial charge < -0.3 is 4.74 Å². The summed E-state index contributed by atoms with van der Waals surface area (Å²) < 4.78 is 5.37. The van der Waals surface area contributed by atoms with Gasteiger partial charge in [0.25, 0.3) is 0 Å². The standard InChI is InChI=1S/C16H24O2/c1-4-14(11-10-13(2)3)12-18-16(17)15-8-6-5-7-9-15/h5-9,13-14H,4,10-12H2,1-3H3/t14-/m1/s1. The van der Waals surface area contributed by atoms with Crippen molar-refractivity contribution in [3.63, 3.8) is 0 Å². The van der Waals surface area contributed by atoms with Crippen LogP contribution in [-0.4, -0.2) is 12.6 Å². The molecule has 0 bridgehead atoms. The average molecular weight is 248 g/mol. The van der Waals surface area contributed by atoms with Crippen molar-refractivity contribution >= 4 is 5.97 Å². The van der Waals surface area contributed by atoms with Gasteiger partial charge in [0, 0.05) is 0 Å². The number of hydrogen-bond acceptors (Lipinski definition) is 2. The first-order valence-corrected chi connectivity index (χ1v) is 6.85. The first-order chi connectivity index (χ1) is 8.63. The molecule has 1 rings (SSSR count). The van der Waals surface area contributed by atoms with Gasteiger partial charge in [0.2, 0.25) is 0 Å². The smallest absolute Gasteiger partial charge is 0.338 e. The first kappa shape index (κ1) is 14.7. The third-order valence-electron chi connectivity index (χ3n) is 3.19. The van der Waals surface area contributed by atoms with Gasteiger partial charge in [0.1, 0.15) is 0 Å². The van der Waals surface area contributed by atoms with Crippen LogP contribution in [0.4, 0.5) is 0 Å². The van der Waals surface area contributed by atoms with Gasteiger partial charge in [0.05, 0.1) is 12.2 Å². The molecule has 0 aliphatic rings. The molecule has 0 aromatic heterocycles. The Labute approximate surface area is 110 Å². The van der Waals surface area contributed by atoms with E-state index in [-0.39, 0.29) is 5.97 Å². The number of ether oxygens (including phenoxy) is 1. The van der Waals surface area contributed by atoms with Gasteiger partial charge in [-0.25, -0.2) is 4.79 Å². The molecular weight excluding hydrogens is 224 g/mol. The van der Waals surface area contributed by atoms with E-state index < -0.39 is 0 Å². The van der Waals surface area contributed by atoms with E-state index >= 15 is 0 Å². The summed E-state index contributed by atoms with van der Waals surface area (Å²) in [6.07, 6.45) is 3.40. The lowest BCUT2D eigenvalue weighted by molar-refractivity contribution is 0.0426. The van der Waals surface area contributed by atoms with Crippen molar-refractivity contribution in [2.45, 2.75) is 40.0 Å². The third kappa shape index (κ3) is 5.35. The van der Waals surface area contributed by atoms with E-state index in [1.165, 1.54) is 6.42 Å². The van der Waals surface area contributed by atoms with Crippen LogP contribution in [0.5, 0.6) is 0 Å². The van der Waals surface area contributed by atoms with Gasteiger partial charge in [-0.2, -0.15) is 0 Å². The summed E-state index contributed by atoms with van der Waals surface area (Å²) in [5, 5.41) is 0. The second-order valence-corrected chi connectivity index (χ2v) is 5.21. The van der Waals surface area contributed by atoms with Crippen LogP contribution < -0.4 is 0 Å². The van der Waals surface area contributed by atoms with E-state index in [0.29, 0.717) is 24.0 Å². The van der Waals surface area contributed by atoms with Crippen molar-refractivity contribution in [2.24, 2.45) is 11.8 Å². The molecule has 100 valence electrons. The van der Waals surface area contributed by atoms with Gasteiger partial charge in [0.15, 0.2) is 0 Å². The summed E-state index contributed by atoms with van der Waals surface area (Å²) >= 11 is 0. The summed E-state index contributed by atoms with van der Waals surface area (Å²) in [6.45, 7) is 7.14. The maximum absolute atomic E-state index is 11.8. The Kier molecular flexibility index (Phi) is 6.48. The minimum Gasteiger partial charge on any atom is -0.462 e. The van der Waals surface area contributed by atoms with Gasteiger partial charge in [-0.3, -0.25) is 0 Å². The van der Waals surface area contributed by atoms with Gasteiger partial charge in [-0.15, -0.1) is 0 Å². The molecule has 0 heterocycles. The quantitative estimate of drug-likeness (QED) is 0.672. The number of carbonyl (C=O) groups is 1. The second kappa shape index (κ2) is 7.91. The fourth-order valence-corrected chi connectivity index (χ4v) is 1.83. The highest BCUT2D eigenvalue weighted by molar-refractivity contribution is 5.89. The van der Waals surface area contributed by atoms with Crippen LogP contribution in [0.15, 0.2) is 30.3 Å². The van der Waals surface area contributed by atoms with Gasteiger partial charge in [-0.05, 0) is 30.4 Å². The van der Waals surface area contributed by atoms with Crippen LogP contribution in [0.1, 0.15) is 50.4 Å². The highest BCUT2D eigenvalue weighted by atomic mass is 16.5. The Morgan fingerprint density at radius 2 is 1.83 bits per heavy atom. The molecule has 0 fully saturated rings. The molecule has 1 aromatic rings. The van der Waals surface area contributed by atoms with Crippen LogP contribution in [0.3, 0.4) is 0 Å². The van der Waals surface area contributed by atoms with Crippen molar-refractivity contribution in [3.05, 3.63) is 35.9 Å². The number of benzene rings is 1. The zero-order valence-corrected chi connectivity index (χ0v) is 11.7. The number of rotatable bonds is 7. The Hall–Kier alpha value is -1.31. The lowest BCUT2D eigenvalue weighted by atomic mass is 9.96. The Balaban J connectivity index is 2.36. The molecule has 0 amide bonds. The van der Waals surface area contributed by atoms with Crippen molar-refractivity contribution in [1.29, 1.82) is 0 Å². The molecule has 0 spiro atoms. The lowest BCUT2D eigenvalue weighted by Gasteiger charge is -2.16. The summed E-state index contributed by atoms with van der Waals surface area (Å²) in [7, 11) is 0. The van der Waals surface area contributed by atoms with E-state index in [1.54, 1.807) is 12.1 Å². The van der Waals surface area contributed by atoms with E-state index in [9.17, 15) is 4.79 Å². The Morgan fingerprint density at radius 1 is 1.17 bits per heavy atom.